The summed E-state index contributed by atoms with van der Waals surface area (Å²) >= 11 is 24.2. The Bertz CT molecular complexity index is 943. The highest BCUT2D eigenvalue weighted by molar-refractivity contribution is 6.35. The first-order chi connectivity index (χ1) is 14.8. The molecule has 0 amide bonds. The molecule has 1 aliphatic heterocycles. The minimum atomic E-state index is -1.82. The first kappa shape index (κ1) is 24.6. The van der Waals surface area contributed by atoms with E-state index in [4.69, 9.17) is 71.8 Å². The molecule has 0 saturated carbocycles. The predicted molar refractivity (Wildman–Crippen MR) is 121 cm³/mol. The molecular formula is C22H20Cl4O5. The van der Waals surface area contributed by atoms with Crippen LogP contribution in [0.5, 0.6) is 0 Å². The summed E-state index contributed by atoms with van der Waals surface area (Å²) in [6.07, 6.45) is 2.89. The van der Waals surface area contributed by atoms with Crippen LogP contribution in [0.1, 0.15) is 11.1 Å². The minimum Gasteiger partial charge on any atom is -0.374 e. The highest BCUT2D eigenvalue weighted by Gasteiger charge is 2.56. The van der Waals surface area contributed by atoms with Crippen LogP contribution in [0.4, 0.5) is 0 Å². The second-order valence-corrected chi connectivity index (χ2v) is 8.69. The first-order valence-corrected chi connectivity index (χ1v) is 10.7. The summed E-state index contributed by atoms with van der Waals surface area (Å²) in [6, 6.07) is 10.2. The van der Waals surface area contributed by atoms with Crippen molar-refractivity contribution in [3.8, 4) is 12.3 Å². The van der Waals surface area contributed by atoms with E-state index >= 15 is 0 Å². The third kappa shape index (κ3) is 5.85. The third-order valence-electron chi connectivity index (χ3n) is 4.78. The normalized spacial score (nSPS) is 25.5. The molecule has 0 aliphatic carbocycles. The van der Waals surface area contributed by atoms with Crippen molar-refractivity contribution in [2.24, 2.45) is 0 Å². The molecule has 1 N–H and O–H groups in total. The molecule has 0 aromatic heterocycles. The number of hydrogen-bond acceptors (Lipinski definition) is 5. The quantitative estimate of drug-likeness (QED) is 0.503. The van der Waals surface area contributed by atoms with E-state index in [1.807, 2.05) is 0 Å². The van der Waals surface area contributed by atoms with Crippen LogP contribution in [0.3, 0.4) is 0 Å². The Morgan fingerprint density at radius 2 is 1.77 bits per heavy atom. The van der Waals surface area contributed by atoms with Crippen molar-refractivity contribution in [3.05, 3.63) is 67.6 Å². The Kier molecular flexibility index (Phi) is 8.51. The maximum Gasteiger partial charge on any atom is 0.205 e. The zero-order valence-corrected chi connectivity index (χ0v) is 19.5. The number of aliphatic hydroxyl groups is 1. The molecule has 4 atom stereocenters. The summed E-state index contributed by atoms with van der Waals surface area (Å²) in [5, 5.41) is 13.0. The van der Waals surface area contributed by atoms with E-state index in [0.29, 0.717) is 25.7 Å². The van der Waals surface area contributed by atoms with Gasteiger partial charge in [-0.3, -0.25) is 0 Å². The SMILES string of the molecule is C#C[C@]1(O)C(OC)O[C@H](COCc2ccc(Cl)cc2Cl)[C@H]1OCc1cc(Cl)cc(Cl)c1. The maximum absolute atomic E-state index is 11.0. The lowest BCUT2D eigenvalue weighted by Gasteiger charge is -2.28. The number of methoxy groups -OCH3 is 1. The van der Waals surface area contributed by atoms with Crippen molar-refractivity contribution in [2.45, 2.75) is 37.3 Å². The highest BCUT2D eigenvalue weighted by atomic mass is 35.5. The molecule has 1 saturated heterocycles. The van der Waals surface area contributed by atoms with Gasteiger partial charge in [-0.2, -0.15) is 0 Å². The van der Waals surface area contributed by atoms with Crippen LogP contribution in [-0.2, 0) is 32.2 Å². The Morgan fingerprint density at radius 1 is 1.06 bits per heavy atom. The maximum atomic E-state index is 11.0. The number of benzene rings is 2. The van der Waals surface area contributed by atoms with Gasteiger partial charge in [0.25, 0.3) is 0 Å². The number of ether oxygens (including phenoxy) is 4. The van der Waals surface area contributed by atoms with E-state index in [1.165, 1.54) is 7.11 Å². The second kappa shape index (κ2) is 10.7. The van der Waals surface area contributed by atoms with Gasteiger partial charge in [-0.05, 0) is 41.5 Å². The van der Waals surface area contributed by atoms with Crippen LogP contribution in [0.15, 0.2) is 36.4 Å². The lowest BCUT2D eigenvalue weighted by Crippen LogP contribution is -2.49. The van der Waals surface area contributed by atoms with Crippen molar-refractivity contribution >= 4 is 46.4 Å². The summed E-state index contributed by atoms with van der Waals surface area (Å²) < 4.78 is 22.7. The molecule has 0 radical (unpaired) electrons. The molecule has 31 heavy (non-hydrogen) atoms. The van der Waals surface area contributed by atoms with Gasteiger partial charge < -0.3 is 24.1 Å². The van der Waals surface area contributed by atoms with Gasteiger partial charge in [-0.25, -0.2) is 0 Å². The fraction of sp³-hybridized carbons (Fsp3) is 0.364. The largest absolute Gasteiger partial charge is 0.374 e. The monoisotopic (exact) mass is 504 g/mol. The van der Waals surface area contributed by atoms with E-state index in [9.17, 15) is 5.11 Å². The molecule has 5 nitrogen and oxygen atoms in total. The van der Waals surface area contributed by atoms with E-state index in [0.717, 1.165) is 5.56 Å². The van der Waals surface area contributed by atoms with Crippen molar-refractivity contribution < 1.29 is 24.1 Å². The summed E-state index contributed by atoms with van der Waals surface area (Å²) in [4.78, 5) is 0. The Morgan fingerprint density at radius 3 is 2.39 bits per heavy atom. The molecule has 166 valence electrons. The van der Waals surface area contributed by atoms with E-state index < -0.39 is 24.1 Å². The molecular weight excluding hydrogens is 486 g/mol. The van der Waals surface area contributed by atoms with Gasteiger partial charge in [-0.15, -0.1) is 6.42 Å². The van der Waals surface area contributed by atoms with E-state index in [1.54, 1.807) is 36.4 Å². The highest BCUT2D eigenvalue weighted by Crippen LogP contribution is 2.35. The molecule has 1 aliphatic rings. The molecule has 1 heterocycles. The van der Waals surface area contributed by atoms with Gasteiger partial charge in [0, 0.05) is 27.2 Å². The van der Waals surface area contributed by atoms with Gasteiger partial charge in [0.1, 0.15) is 12.2 Å². The molecule has 1 fully saturated rings. The standard InChI is InChI=1S/C22H20Cl4O5/c1-3-22(27)20(30-10-13-6-16(24)8-17(25)7-13)19(31-21(22)28-2)12-29-11-14-4-5-15(23)9-18(14)26/h1,4-9,19-21,27H,10-12H2,2H3/t19-,20-,21?,22-/m1/s1. The van der Waals surface area contributed by atoms with Crippen LogP contribution in [-0.4, -0.2) is 42.9 Å². The molecule has 3 rings (SSSR count). The van der Waals surface area contributed by atoms with Gasteiger partial charge in [0.15, 0.2) is 0 Å². The summed E-state index contributed by atoms with van der Waals surface area (Å²) in [6.45, 7) is 0.372. The average molecular weight is 506 g/mol. The Hall–Kier alpha value is -1.04. The average Bonchev–Trinajstić information content (AvgIpc) is 2.99. The topological polar surface area (TPSA) is 57.2 Å². The van der Waals surface area contributed by atoms with Gasteiger partial charge in [0.2, 0.25) is 11.9 Å². The fourth-order valence-corrected chi connectivity index (χ4v) is 4.34. The fourth-order valence-electron chi connectivity index (χ4n) is 3.30. The molecule has 2 aromatic rings. The number of rotatable bonds is 8. The minimum absolute atomic E-state index is 0.0732. The van der Waals surface area contributed by atoms with E-state index in [-0.39, 0.29) is 19.8 Å². The van der Waals surface area contributed by atoms with Crippen LogP contribution in [0.2, 0.25) is 20.1 Å². The smallest absolute Gasteiger partial charge is 0.205 e. The van der Waals surface area contributed by atoms with Crippen LogP contribution in [0.25, 0.3) is 0 Å². The first-order valence-electron chi connectivity index (χ1n) is 9.23. The third-order valence-corrected chi connectivity index (χ3v) is 5.80. The van der Waals surface area contributed by atoms with Crippen LogP contribution in [0, 0.1) is 12.3 Å². The number of terminal acetylenes is 1. The second-order valence-electron chi connectivity index (χ2n) is 6.97. The van der Waals surface area contributed by atoms with Crippen LogP contribution >= 0.6 is 46.4 Å². The van der Waals surface area contributed by atoms with E-state index in [2.05, 4.69) is 5.92 Å². The molecule has 0 bridgehead atoms. The lowest BCUT2D eigenvalue weighted by molar-refractivity contribution is -0.176. The van der Waals surface area contributed by atoms with Crippen molar-refractivity contribution in [1.29, 1.82) is 0 Å². The van der Waals surface area contributed by atoms with Crippen molar-refractivity contribution in [2.75, 3.05) is 13.7 Å². The van der Waals surface area contributed by atoms with Crippen molar-refractivity contribution in [1.82, 2.24) is 0 Å². The summed E-state index contributed by atoms with van der Waals surface area (Å²) in [5.41, 5.74) is -0.348. The van der Waals surface area contributed by atoms with Gasteiger partial charge >= 0.3 is 0 Å². The summed E-state index contributed by atoms with van der Waals surface area (Å²) in [7, 11) is 1.39. The molecule has 2 aromatic carbocycles. The van der Waals surface area contributed by atoms with Gasteiger partial charge in [0.05, 0.1) is 19.8 Å². The van der Waals surface area contributed by atoms with Crippen molar-refractivity contribution in [3.63, 3.8) is 0 Å². The van der Waals surface area contributed by atoms with Crippen LogP contribution < -0.4 is 0 Å². The lowest BCUT2D eigenvalue weighted by atomic mass is 9.96. The number of hydrogen-bond donors (Lipinski definition) is 1. The molecule has 0 spiro atoms. The predicted octanol–water partition coefficient (Wildman–Crippen LogP) is 5.14. The van der Waals surface area contributed by atoms with Gasteiger partial charge in [-0.1, -0.05) is 58.4 Å². The zero-order chi connectivity index (χ0) is 22.6. The Balaban J connectivity index is 1.71. The number of halogens is 4. The zero-order valence-electron chi connectivity index (χ0n) is 16.5. The molecule has 9 heteroatoms. The molecule has 1 unspecified atom stereocenters. The summed E-state index contributed by atoms with van der Waals surface area (Å²) in [5.74, 6) is 2.34. The Labute approximate surface area is 201 Å².